The van der Waals surface area contributed by atoms with Gasteiger partial charge in [0, 0.05) is 18.4 Å². The SMILES string of the molecule is CC(C)O.COc1ccc(OC)c(N2C(=O)C3C(C2=O)C2c4ccccc4C=CN2C3C(N)=O)c1. The molecule has 3 aliphatic rings. The van der Waals surface area contributed by atoms with Crippen LogP contribution >= 0.6 is 0 Å². The Morgan fingerprint density at radius 1 is 1.03 bits per heavy atom. The minimum Gasteiger partial charge on any atom is -0.497 e. The topological polar surface area (TPSA) is 122 Å². The van der Waals surface area contributed by atoms with Gasteiger partial charge in [0.15, 0.2) is 0 Å². The van der Waals surface area contributed by atoms with Crippen LogP contribution in [-0.4, -0.2) is 54.1 Å². The number of hydrogen-bond acceptors (Lipinski definition) is 7. The number of carbonyl (C=O) groups is 3. The summed E-state index contributed by atoms with van der Waals surface area (Å²) in [5, 5.41) is 8.06. The highest BCUT2D eigenvalue weighted by molar-refractivity contribution is 6.24. The number of nitrogens with two attached hydrogens (primary N) is 1. The van der Waals surface area contributed by atoms with Crippen LogP contribution in [0.4, 0.5) is 5.69 Å². The van der Waals surface area contributed by atoms with Crippen LogP contribution in [0.25, 0.3) is 6.08 Å². The van der Waals surface area contributed by atoms with Gasteiger partial charge in [-0.2, -0.15) is 0 Å². The number of imide groups is 1. The first kappa shape index (κ1) is 24.3. The molecule has 0 bridgehead atoms. The molecule has 0 aliphatic carbocycles. The van der Waals surface area contributed by atoms with E-state index in [0.29, 0.717) is 17.2 Å². The molecule has 9 heteroatoms. The zero-order valence-electron chi connectivity index (χ0n) is 20.0. The average Bonchev–Trinajstić information content (AvgIpc) is 3.31. The van der Waals surface area contributed by atoms with Crippen LogP contribution in [0.1, 0.15) is 31.0 Å². The summed E-state index contributed by atoms with van der Waals surface area (Å²) in [5.74, 6) is -2.28. The lowest BCUT2D eigenvalue weighted by Gasteiger charge is -2.34. The summed E-state index contributed by atoms with van der Waals surface area (Å²) in [5.41, 5.74) is 7.87. The molecule has 2 aromatic rings. The number of hydrogen-bond donors (Lipinski definition) is 2. The van der Waals surface area contributed by atoms with E-state index in [-0.39, 0.29) is 12.0 Å². The van der Waals surface area contributed by atoms with Crippen molar-refractivity contribution in [3.8, 4) is 11.5 Å². The van der Waals surface area contributed by atoms with Crippen LogP contribution in [0.3, 0.4) is 0 Å². The largest absolute Gasteiger partial charge is 0.497 e. The van der Waals surface area contributed by atoms with E-state index in [4.69, 9.17) is 20.3 Å². The second kappa shape index (κ2) is 9.42. The number of benzene rings is 2. The van der Waals surface area contributed by atoms with Crippen molar-refractivity contribution in [2.24, 2.45) is 17.6 Å². The van der Waals surface area contributed by atoms with Crippen molar-refractivity contribution >= 4 is 29.5 Å². The quantitative estimate of drug-likeness (QED) is 0.644. The van der Waals surface area contributed by atoms with Gasteiger partial charge >= 0.3 is 0 Å². The monoisotopic (exact) mass is 479 g/mol. The molecule has 2 aromatic carbocycles. The van der Waals surface area contributed by atoms with E-state index >= 15 is 0 Å². The number of nitrogens with zero attached hydrogens (tertiary/aromatic N) is 2. The maximum atomic E-state index is 13.7. The smallest absolute Gasteiger partial charge is 0.240 e. The third kappa shape index (κ3) is 4.01. The fourth-order valence-electron chi connectivity index (χ4n) is 5.09. The molecule has 184 valence electrons. The molecule has 2 fully saturated rings. The minimum absolute atomic E-state index is 0.167. The molecule has 4 unspecified atom stereocenters. The van der Waals surface area contributed by atoms with Crippen LogP contribution < -0.4 is 20.1 Å². The summed E-state index contributed by atoms with van der Waals surface area (Å²) in [7, 11) is 2.97. The predicted octanol–water partition coefficient (Wildman–Crippen LogP) is 2.09. The van der Waals surface area contributed by atoms with E-state index in [1.54, 1.807) is 43.1 Å². The van der Waals surface area contributed by atoms with Crippen molar-refractivity contribution in [3.05, 3.63) is 59.8 Å². The van der Waals surface area contributed by atoms with Crippen molar-refractivity contribution < 1.29 is 29.0 Å². The van der Waals surface area contributed by atoms with Crippen molar-refractivity contribution in [2.45, 2.75) is 32.0 Å². The van der Waals surface area contributed by atoms with Gasteiger partial charge in [0.2, 0.25) is 17.7 Å². The Kier molecular flexibility index (Phi) is 6.53. The molecule has 3 aliphatic heterocycles. The normalized spacial score (nSPS) is 23.9. The third-order valence-electron chi connectivity index (χ3n) is 6.38. The molecule has 0 aromatic heterocycles. The molecular formula is C26H29N3O6. The number of aliphatic hydroxyl groups excluding tert-OH is 1. The molecule has 3 amide bonds. The molecule has 2 saturated heterocycles. The van der Waals surface area contributed by atoms with Gasteiger partial charge < -0.3 is 25.2 Å². The lowest BCUT2D eigenvalue weighted by molar-refractivity contribution is -0.129. The summed E-state index contributed by atoms with van der Waals surface area (Å²) in [6, 6.07) is 11.2. The van der Waals surface area contributed by atoms with Crippen molar-refractivity contribution in [3.63, 3.8) is 0 Å². The number of primary amides is 1. The van der Waals surface area contributed by atoms with Crippen LogP contribution in [0.15, 0.2) is 48.7 Å². The van der Waals surface area contributed by atoms with Crippen LogP contribution in [0.5, 0.6) is 11.5 Å². The molecule has 9 nitrogen and oxygen atoms in total. The van der Waals surface area contributed by atoms with E-state index in [1.165, 1.54) is 14.2 Å². The van der Waals surface area contributed by atoms with E-state index in [1.807, 2.05) is 30.3 Å². The Morgan fingerprint density at radius 3 is 2.31 bits per heavy atom. The van der Waals surface area contributed by atoms with Gasteiger partial charge in [0.25, 0.3) is 0 Å². The van der Waals surface area contributed by atoms with Crippen LogP contribution in [-0.2, 0) is 14.4 Å². The summed E-state index contributed by atoms with van der Waals surface area (Å²) >= 11 is 0. The van der Waals surface area contributed by atoms with Crippen molar-refractivity contribution in [1.82, 2.24) is 4.90 Å². The summed E-state index contributed by atoms with van der Waals surface area (Å²) < 4.78 is 10.7. The molecule has 0 saturated carbocycles. The molecule has 4 atom stereocenters. The number of ether oxygens (including phenoxy) is 2. The molecule has 0 spiro atoms. The first-order chi connectivity index (χ1) is 16.7. The van der Waals surface area contributed by atoms with Crippen LogP contribution in [0, 0.1) is 11.8 Å². The molecule has 5 rings (SSSR count). The maximum absolute atomic E-state index is 13.7. The molecule has 0 radical (unpaired) electrons. The van der Waals surface area contributed by atoms with Crippen LogP contribution in [0.2, 0.25) is 0 Å². The molecule has 35 heavy (non-hydrogen) atoms. The Balaban J connectivity index is 0.000000672. The number of methoxy groups -OCH3 is 2. The van der Waals surface area contributed by atoms with Gasteiger partial charge in [-0.05, 0) is 43.2 Å². The molecule has 3 N–H and O–H groups in total. The van der Waals surface area contributed by atoms with Gasteiger partial charge in [0.1, 0.15) is 17.5 Å². The Labute approximate surface area is 203 Å². The first-order valence-corrected chi connectivity index (χ1v) is 11.3. The van der Waals surface area contributed by atoms with Gasteiger partial charge in [-0.15, -0.1) is 0 Å². The third-order valence-corrected chi connectivity index (χ3v) is 6.38. The van der Waals surface area contributed by atoms with Crippen molar-refractivity contribution in [2.75, 3.05) is 19.1 Å². The summed E-state index contributed by atoms with van der Waals surface area (Å²) in [4.78, 5) is 42.6. The lowest BCUT2D eigenvalue weighted by Crippen LogP contribution is -2.46. The number of fused-ring (bicyclic) bond motifs is 5. The first-order valence-electron chi connectivity index (χ1n) is 11.3. The number of rotatable bonds is 4. The predicted molar refractivity (Wildman–Crippen MR) is 129 cm³/mol. The Hall–Kier alpha value is -3.85. The second-order valence-corrected chi connectivity index (χ2v) is 8.88. The highest BCUT2D eigenvalue weighted by Gasteiger charge is 2.64. The zero-order valence-corrected chi connectivity index (χ0v) is 20.0. The van der Waals surface area contributed by atoms with E-state index in [2.05, 4.69) is 0 Å². The van der Waals surface area contributed by atoms with Gasteiger partial charge in [-0.3, -0.25) is 14.4 Å². The number of carbonyl (C=O) groups excluding carboxylic acids is 3. The fourth-order valence-corrected chi connectivity index (χ4v) is 5.09. The highest BCUT2D eigenvalue weighted by Crippen LogP contribution is 2.53. The minimum atomic E-state index is -0.919. The number of aliphatic hydroxyl groups is 1. The van der Waals surface area contributed by atoms with Gasteiger partial charge in [-0.1, -0.05) is 24.3 Å². The lowest BCUT2D eigenvalue weighted by atomic mass is 9.84. The summed E-state index contributed by atoms with van der Waals surface area (Å²) in [6.07, 6.45) is 3.47. The zero-order chi connectivity index (χ0) is 25.4. The Morgan fingerprint density at radius 2 is 1.69 bits per heavy atom. The Bertz CT molecular complexity index is 1190. The van der Waals surface area contributed by atoms with E-state index in [9.17, 15) is 14.4 Å². The molecule has 3 heterocycles. The summed E-state index contributed by atoms with van der Waals surface area (Å²) in [6.45, 7) is 3.44. The van der Waals surface area contributed by atoms with E-state index in [0.717, 1.165) is 16.0 Å². The molecular weight excluding hydrogens is 450 g/mol. The van der Waals surface area contributed by atoms with Gasteiger partial charge in [-0.25, -0.2) is 4.90 Å². The maximum Gasteiger partial charge on any atom is 0.240 e. The standard InChI is InChI=1S/C23H21N3O5.C3H8O/c1-30-13-7-8-16(31-2)15(11-13)26-22(28)17-18(23(26)29)20(21(24)27)25-10-9-12-5-3-4-6-14(12)19(17)25;1-3(2)4/h3-11,17-20H,1-2H3,(H2,24,27);3-4H,1-2H3. The van der Waals surface area contributed by atoms with Gasteiger partial charge in [0.05, 0.1) is 37.8 Å². The number of amides is 3. The van der Waals surface area contributed by atoms with E-state index < -0.39 is 35.7 Å². The fraction of sp³-hybridized carbons (Fsp3) is 0.346. The number of anilines is 1. The highest BCUT2D eigenvalue weighted by atomic mass is 16.5. The van der Waals surface area contributed by atoms with Crippen molar-refractivity contribution in [1.29, 1.82) is 0 Å². The second-order valence-electron chi connectivity index (χ2n) is 8.88. The average molecular weight is 480 g/mol.